The Morgan fingerprint density at radius 1 is 0.708 bits per heavy atom. The smallest absolute Gasteiger partial charge is 0.237 e. The van der Waals surface area contributed by atoms with Gasteiger partial charge in [-0.05, 0) is 25.7 Å². The van der Waals surface area contributed by atoms with Crippen LogP contribution < -0.4 is 9.13 Å². The monoisotopic (exact) mass is 326 g/mol. The second-order valence-corrected chi connectivity index (χ2v) is 6.01. The van der Waals surface area contributed by atoms with E-state index in [1.54, 1.807) is 0 Å². The van der Waals surface area contributed by atoms with E-state index in [1.165, 1.54) is 0 Å². The molecule has 6 nitrogen and oxygen atoms in total. The molecule has 24 heavy (non-hydrogen) atoms. The Morgan fingerprint density at radius 2 is 1.17 bits per heavy atom. The van der Waals surface area contributed by atoms with Crippen molar-refractivity contribution in [3.63, 3.8) is 0 Å². The fourth-order valence-corrected chi connectivity index (χ4v) is 2.68. The number of aromatic nitrogens is 4. The van der Waals surface area contributed by atoms with Gasteiger partial charge in [0.2, 0.25) is 12.7 Å². The lowest BCUT2D eigenvalue weighted by atomic mass is 10.3. The first kappa shape index (κ1) is 17.7. The number of aryl methyl sites for hydroxylation is 4. The number of nitriles is 2. The molecule has 0 unspecified atom stereocenters. The molecule has 0 fully saturated rings. The van der Waals surface area contributed by atoms with Crippen molar-refractivity contribution in [1.29, 1.82) is 10.5 Å². The van der Waals surface area contributed by atoms with E-state index in [1.807, 2.05) is 0 Å². The van der Waals surface area contributed by atoms with E-state index in [-0.39, 0.29) is 0 Å². The zero-order valence-electron chi connectivity index (χ0n) is 14.2. The first-order valence-corrected chi connectivity index (χ1v) is 8.65. The molecule has 0 N–H and O–H groups in total. The maximum Gasteiger partial charge on any atom is 0.243 e. The summed E-state index contributed by atoms with van der Waals surface area (Å²) in [5, 5.41) is 17.1. The molecule has 0 spiro atoms. The van der Waals surface area contributed by atoms with E-state index < -0.39 is 0 Å². The molecule has 0 bridgehead atoms. The quantitative estimate of drug-likeness (QED) is 0.468. The van der Waals surface area contributed by atoms with Crippen molar-refractivity contribution in [3.8, 4) is 12.1 Å². The highest BCUT2D eigenvalue weighted by atomic mass is 15.1. The minimum atomic E-state index is 0.617. The molecule has 2 aromatic heterocycles. The van der Waals surface area contributed by atoms with Gasteiger partial charge in [0.1, 0.15) is 24.8 Å². The van der Waals surface area contributed by atoms with E-state index in [0.717, 1.165) is 51.9 Å². The zero-order chi connectivity index (χ0) is 17.0. The summed E-state index contributed by atoms with van der Waals surface area (Å²) in [6.45, 7) is 3.87. The zero-order valence-corrected chi connectivity index (χ0v) is 14.2. The molecule has 2 rings (SSSR count). The molecule has 0 aliphatic carbocycles. The summed E-state index contributed by atoms with van der Waals surface area (Å²) in [7, 11) is 0. The predicted molar refractivity (Wildman–Crippen MR) is 88.2 cm³/mol. The van der Waals surface area contributed by atoms with Crippen LogP contribution in [0.15, 0.2) is 37.4 Å². The highest BCUT2D eigenvalue weighted by Gasteiger charge is 2.06. The van der Waals surface area contributed by atoms with Crippen LogP contribution in [-0.4, -0.2) is 9.13 Å². The fourth-order valence-electron chi connectivity index (χ4n) is 2.68. The van der Waals surface area contributed by atoms with Gasteiger partial charge in [-0.2, -0.15) is 10.5 Å². The largest absolute Gasteiger partial charge is 0.243 e. The molecule has 0 saturated heterocycles. The van der Waals surface area contributed by atoms with Gasteiger partial charge in [-0.1, -0.05) is 0 Å². The fraction of sp³-hybridized carbons (Fsp3) is 0.556. The number of unbranched alkanes of at least 4 members (excludes halogenated alkanes) is 3. The molecular weight excluding hydrogens is 300 g/mol. The number of hydrogen-bond donors (Lipinski definition) is 0. The summed E-state index contributed by atoms with van der Waals surface area (Å²) >= 11 is 0. The van der Waals surface area contributed by atoms with Gasteiger partial charge in [0.05, 0.1) is 38.3 Å². The summed E-state index contributed by atoms with van der Waals surface area (Å²) in [4.78, 5) is 0. The second-order valence-electron chi connectivity index (χ2n) is 6.01. The molecule has 0 atom stereocenters. The van der Waals surface area contributed by atoms with Crippen LogP contribution in [0.2, 0.25) is 0 Å². The Kier molecular flexibility index (Phi) is 7.56. The van der Waals surface area contributed by atoms with Crippen molar-refractivity contribution < 1.29 is 9.13 Å². The van der Waals surface area contributed by atoms with Gasteiger partial charge < -0.3 is 0 Å². The summed E-state index contributed by atoms with van der Waals surface area (Å²) < 4.78 is 8.72. The molecule has 0 aliphatic heterocycles. The van der Waals surface area contributed by atoms with Gasteiger partial charge >= 0.3 is 0 Å². The van der Waals surface area contributed by atoms with Crippen LogP contribution in [0.4, 0.5) is 0 Å². The third-order valence-corrected chi connectivity index (χ3v) is 3.98. The van der Waals surface area contributed by atoms with Gasteiger partial charge in [-0.3, -0.25) is 0 Å². The minimum absolute atomic E-state index is 0.617. The third-order valence-electron chi connectivity index (χ3n) is 3.98. The number of hydrogen-bond acceptors (Lipinski definition) is 2. The Balaban J connectivity index is 1.63. The molecule has 2 aromatic rings. The van der Waals surface area contributed by atoms with Crippen molar-refractivity contribution in [2.75, 3.05) is 0 Å². The topological polar surface area (TPSA) is 65.2 Å². The highest BCUT2D eigenvalue weighted by Crippen LogP contribution is 1.96. The highest BCUT2D eigenvalue weighted by molar-refractivity contribution is 4.72. The van der Waals surface area contributed by atoms with Gasteiger partial charge in [-0.15, -0.1) is 0 Å². The first-order chi connectivity index (χ1) is 11.8. The molecule has 0 radical (unpaired) electrons. The van der Waals surface area contributed by atoms with E-state index in [2.05, 4.69) is 67.8 Å². The van der Waals surface area contributed by atoms with Crippen LogP contribution in [0.1, 0.15) is 38.5 Å². The van der Waals surface area contributed by atoms with Gasteiger partial charge in [0, 0.05) is 12.8 Å². The average molecular weight is 326 g/mol. The van der Waals surface area contributed by atoms with Crippen LogP contribution in [0.5, 0.6) is 0 Å². The van der Waals surface area contributed by atoms with Crippen molar-refractivity contribution in [2.45, 2.75) is 64.7 Å². The standard InChI is InChI=1S/C18H26N6/c19-7-1-3-9-21-13-15-23(17-21)11-5-6-12-24-16-14-22(18-24)10-4-2-8-20/h13-18H,1-6,9-12H2/q+2. The average Bonchev–Trinajstić information content (AvgIpc) is 3.22. The summed E-state index contributed by atoms with van der Waals surface area (Å²) in [6.07, 6.45) is 17.9. The molecule has 0 aliphatic rings. The predicted octanol–water partition coefficient (Wildman–Crippen LogP) is 1.95. The van der Waals surface area contributed by atoms with E-state index in [9.17, 15) is 0 Å². The van der Waals surface area contributed by atoms with Crippen LogP contribution in [0.3, 0.4) is 0 Å². The molecule has 0 aromatic carbocycles. The third kappa shape index (κ3) is 6.26. The summed E-state index contributed by atoms with van der Waals surface area (Å²) in [5.74, 6) is 0. The lowest BCUT2D eigenvalue weighted by molar-refractivity contribution is -0.707. The van der Waals surface area contributed by atoms with Crippen molar-refractivity contribution in [3.05, 3.63) is 37.4 Å². The number of nitrogens with zero attached hydrogens (tertiary/aromatic N) is 6. The molecule has 126 valence electrons. The second kappa shape index (κ2) is 10.2. The maximum atomic E-state index is 8.56. The van der Waals surface area contributed by atoms with Gasteiger partial charge in [0.15, 0.2) is 0 Å². The van der Waals surface area contributed by atoms with E-state index in [0.29, 0.717) is 12.8 Å². The molecule has 6 heteroatoms. The maximum absolute atomic E-state index is 8.56. The van der Waals surface area contributed by atoms with Crippen molar-refractivity contribution in [1.82, 2.24) is 9.13 Å². The van der Waals surface area contributed by atoms with Crippen LogP contribution in [0, 0.1) is 22.7 Å². The molecule has 0 amide bonds. The minimum Gasteiger partial charge on any atom is -0.237 e. The van der Waals surface area contributed by atoms with Crippen LogP contribution in [0.25, 0.3) is 0 Å². The Labute approximate surface area is 143 Å². The Hall–Kier alpha value is -2.60. The molecular formula is C18H26N6+2. The van der Waals surface area contributed by atoms with Crippen molar-refractivity contribution in [2.24, 2.45) is 0 Å². The normalized spacial score (nSPS) is 10.4. The number of imidazole rings is 2. The van der Waals surface area contributed by atoms with Crippen molar-refractivity contribution >= 4 is 0 Å². The van der Waals surface area contributed by atoms with E-state index >= 15 is 0 Å². The first-order valence-electron chi connectivity index (χ1n) is 8.65. The van der Waals surface area contributed by atoms with E-state index in [4.69, 9.17) is 10.5 Å². The molecule has 0 saturated carbocycles. The van der Waals surface area contributed by atoms with Gasteiger partial charge in [-0.25, -0.2) is 18.3 Å². The van der Waals surface area contributed by atoms with Gasteiger partial charge in [0.25, 0.3) is 0 Å². The summed E-state index contributed by atoms with van der Waals surface area (Å²) in [6, 6.07) is 4.36. The van der Waals surface area contributed by atoms with Crippen LogP contribution in [-0.2, 0) is 26.2 Å². The van der Waals surface area contributed by atoms with Crippen LogP contribution >= 0.6 is 0 Å². The Morgan fingerprint density at radius 3 is 1.58 bits per heavy atom. The number of rotatable bonds is 11. The Bertz CT molecular complexity index is 625. The summed E-state index contributed by atoms with van der Waals surface area (Å²) in [5.41, 5.74) is 0. The molecule has 2 heterocycles. The lowest BCUT2D eigenvalue weighted by Crippen LogP contribution is -2.34. The lowest BCUT2D eigenvalue weighted by Gasteiger charge is -1.97. The SMILES string of the molecule is N#CCCCn1cc[n+](CCCC[n+]2ccn(CCCC#N)c2)c1.